The first kappa shape index (κ1) is 25.1. The molecule has 2 fully saturated rings. The Balaban J connectivity index is 1.37. The van der Waals surface area contributed by atoms with Gasteiger partial charge in [0.2, 0.25) is 0 Å². The predicted octanol–water partition coefficient (Wildman–Crippen LogP) is 5.93. The molecule has 2 saturated carbocycles. The number of carboxylic acid groups (broad SMARTS) is 1. The normalized spacial score (nSPS) is 20.9. The number of anilines is 1. The third kappa shape index (κ3) is 6.37. The molecule has 2 aromatic carbocycles. The van der Waals surface area contributed by atoms with Crippen LogP contribution in [0.4, 0.5) is 5.69 Å². The van der Waals surface area contributed by atoms with Gasteiger partial charge in [-0.1, -0.05) is 43.9 Å². The Morgan fingerprint density at radius 1 is 0.943 bits per heavy atom. The fraction of sp³-hybridized carbons (Fsp3) is 0.464. The molecular formula is C28H33NO5S. The number of carboxylic acids is 1. The van der Waals surface area contributed by atoms with Crippen LogP contribution in [0.15, 0.2) is 47.4 Å². The standard InChI is InChI=1S/C28H33NO5S/c1-34-27-19-24(28(30)31)15-18-26(27)29-35(32,33)25-16-11-21(12-17-25)8-7-20-9-13-23(14-10-20)22-5-3-2-4-6-22/h11-12,15-20,22-23,29H,2-6,9-10,13-14H2,1H3,(H,30,31). The molecule has 0 spiro atoms. The molecule has 2 aliphatic rings. The maximum Gasteiger partial charge on any atom is 0.335 e. The highest BCUT2D eigenvalue weighted by atomic mass is 32.2. The van der Waals surface area contributed by atoms with Crippen LogP contribution in [0.5, 0.6) is 5.75 Å². The first-order valence-electron chi connectivity index (χ1n) is 12.4. The number of hydrogen-bond acceptors (Lipinski definition) is 4. The minimum Gasteiger partial charge on any atom is -0.495 e. The second kappa shape index (κ2) is 11.2. The minimum absolute atomic E-state index is 0.00944. The summed E-state index contributed by atoms with van der Waals surface area (Å²) in [5.41, 5.74) is 0.974. The Labute approximate surface area is 208 Å². The molecule has 0 aliphatic heterocycles. The molecule has 2 aromatic rings. The zero-order valence-corrected chi connectivity index (χ0v) is 20.9. The van der Waals surface area contributed by atoms with Gasteiger partial charge in [-0.15, -0.1) is 0 Å². The van der Waals surface area contributed by atoms with Gasteiger partial charge in [-0.3, -0.25) is 4.72 Å². The third-order valence-corrected chi connectivity index (χ3v) is 8.75. The molecule has 0 bridgehead atoms. The lowest BCUT2D eigenvalue weighted by atomic mass is 9.71. The van der Waals surface area contributed by atoms with Crippen molar-refractivity contribution in [2.75, 3.05) is 11.8 Å². The van der Waals surface area contributed by atoms with Crippen molar-refractivity contribution in [2.45, 2.75) is 62.7 Å². The summed E-state index contributed by atoms with van der Waals surface area (Å²) in [5.74, 6) is 7.88. The van der Waals surface area contributed by atoms with E-state index in [1.807, 2.05) is 0 Å². The molecule has 0 radical (unpaired) electrons. The molecule has 0 amide bonds. The highest BCUT2D eigenvalue weighted by molar-refractivity contribution is 7.92. The van der Waals surface area contributed by atoms with Crippen LogP contribution in [0.25, 0.3) is 0 Å². The van der Waals surface area contributed by atoms with Gasteiger partial charge in [-0.25, -0.2) is 13.2 Å². The van der Waals surface area contributed by atoms with Gasteiger partial charge in [0.15, 0.2) is 0 Å². The first-order chi connectivity index (χ1) is 16.9. The number of aromatic carboxylic acids is 1. The second-order valence-corrected chi connectivity index (χ2v) is 11.3. The molecular weight excluding hydrogens is 462 g/mol. The zero-order valence-electron chi connectivity index (χ0n) is 20.1. The SMILES string of the molecule is COc1cc(C(=O)O)ccc1NS(=O)(=O)c1ccc(C#CC2CCC(C3CCCCC3)CC2)cc1. The lowest BCUT2D eigenvalue weighted by Gasteiger charge is -2.34. The van der Waals surface area contributed by atoms with Gasteiger partial charge in [-0.05, 0) is 80.0 Å². The summed E-state index contributed by atoms with van der Waals surface area (Å²) in [6.07, 6.45) is 11.9. The fourth-order valence-electron chi connectivity index (χ4n) is 5.36. The van der Waals surface area contributed by atoms with Crippen molar-refractivity contribution >= 4 is 21.7 Å². The second-order valence-electron chi connectivity index (χ2n) is 9.63. The van der Waals surface area contributed by atoms with E-state index in [0.717, 1.165) is 30.2 Å². The Morgan fingerprint density at radius 3 is 2.23 bits per heavy atom. The number of carbonyl (C=O) groups is 1. The highest BCUT2D eigenvalue weighted by Crippen LogP contribution is 2.39. The average Bonchev–Trinajstić information content (AvgIpc) is 2.88. The fourth-order valence-corrected chi connectivity index (χ4v) is 6.43. The van der Waals surface area contributed by atoms with Gasteiger partial charge < -0.3 is 9.84 Å². The molecule has 0 heterocycles. The van der Waals surface area contributed by atoms with Crippen molar-refractivity contribution < 1.29 is 23.1 Å². The van der Waals surface area contributed by atoms with Gasteiger partial charge in [0.1, 0.15) is 5.75 Å². The molecule has 0 unspecified atom stereocenters. The molecule has 2 aliphatic carbocycles. The Hall–Kier alpha value is -2.98. The van der Waals surface area contributed by atoms with Gasteiger partial charge in [0, 0.05) is 11.5 Å². The van der Waals surface area contributed by atoms with Crippen LogP contribution in [0.1, 0.15) is 73.7 Å². The molecule has 0 aromatic heterocycles. The molecule has 0 atom stereocenters. The van der Waals surface area contributed by atoms with Gasteiger partial charge in [0.05, 0.1) is 23.3 Å². The van der Waals surface area contributed by atoms with E-state index in [4.69, 9.17) is 9.84 Å². The number of hydrogen-bond donors (Lipinski definition) is 2. The molecule has 186 valence electrons. The van der Waals surface area contributed by atoms with Crippen LogP contribution in [0.2, 0.25) is 0 Å². The van der Waals surface area contributed by atoms with Crippen LogP contribution >= 0.6 is 0 Å². The molecule has 0 saturated heterocycles. The maximum atomic E-state index is 12.8. The van der Waals surface area contributed by atoms with Crippen LogP contribution in [-0.4, -0.2) is 26.6 Å². The lowest BCUT2D eigenvalue weighted by molar-refractivity contribution is 0.0696. The van der Waals surface area contributed by atoms with Crippen molar-refractivity contribution in [3.8, 4) is 17.6 Å². The smallest absolute Gasteiger partial charge is 0.335 e. The van der Waals surface area contributed by atoms with Crippen LogP contribution in [0.3, 0.4) is 0 Å². The summed E-state index contributed by atoms with van der Waals surface area (Å²) < 4.78 is 33.3. The van der Waals surface area contributed by atoms with Crippen LogP contribution in [0, 0.1) is 29.6 Å². The van der Waals surface area contributed by atoms with E-state index < -0.39 is 16.0 Å². The van der Waals surface area contributed by atoms with E-state index in [1.54, 1.807) is 12.1 Å². The first-order valence-corrected chi connectivity index (χ1v) is 13.9. The summed E-state index contributed by atoms with van der Waals surface area (Å²) in [6.45, 7) is 0. The Bertz CT molecular complexity index is 1200. The number of sulfonamides is 1. The third-order valence-electron chi connectivity index (χ3n) is 7.37. The summed E-state index contributed by atoms with van der Waals surface area (Å²) >= 11 is 0. The van der Waals surface area contributed by atoms with E-state index in [-0.39, 0.29) is 21.9 Å². The van der Waals surface area contributed by atoms with E-state index in [2.05, 4.69) is 16.6 Å². The summed E-state index contributed by atoms with van der Waals surface area (Å²) in [5, 5.41) is 9.12. The summed E-state index contributed by atoms with van der Waals surface area (Å²) in [7, 11) is -2.52. The van der Waals surface area contributed by atoms with Crippen molar-refractivity contribution in [2.24, 2.45) is 17.8 Å². The summed E-state index contributed by atoms with van der Waals surface area (Å²) in [4.78, 5) is 11.2. The van der Waals surface area contributed by atoms with E-state index >= 15 is 0 Å². The quantitative estimate of drug-likeness (QED) is 0.485. The number of methoxy groups -OCH3 is 1. The number of ether oxygens (including phenoxy) is 1. The molecule has 2 N–H and O–H groups in total. The zero-order chi connectivity index (χ0) is 24.8. The number of rotatable bonds is 6. The predicted molar refractivity (Wildman–Crippen MR) is 136 cm³/mol. The summed E-state index contributed by atoms with van der Waals surface area (Å²) in [6, 6.07) is 10.5. The van der Waals surface area contributed by atoms with Crippen molar-refractivity contribution in [1.82, 2.24) is 0 Å². The Kier molecular flexibility index (Phi) is 8.02. The van der Waals surface area contributed by atoms with Crippen molar-refractivity contribution in [1.29, 1.82) is 0 Å². The van der Waals surface area contributed by atoms with E-state index in [0.29, 0.717) is 5.92 Å². The van der Waals surface area contributed by atoms with Gasteiger partial charge >= 0.3 is 5.97 Å². The highest BCUT2D eigenvalue weighted by Gasteiger charge is 2.27. The van der Waals surface area contributed by atoms with Gasteiger partial charge in [0.25, 0.3) is 10.0 Å². The molecule has 4 rings (SSSR count). The number of nitrogens with one attached hydrogen (secondary N) is 1. The molecule has 6 nitrogen and oxygen atoms in total. The van der Waals surface area contributed by atoms with Crippen LogP contribution in [-0.2, 0) is 10.0 Å². The largest absolute Gasteiger partial charge is 0.495 e. The monoisotopic (exact) mass is 495 g/mol. The van der Waals surface area contributed by atoms with Crippen molar-refractivity contribution in [3.63, 3.8) is 0 Å². The Morgan fingerprint density at radius 2 is 1.60 bits per heavy atom. The minimum atomic E-state index is -3.87. The number of benzene rings is 2. The maximum absolute atomic E-state index is 12.8. The topological polar surface area (TPSA) is 92.7 Å². The molecule has 7 heteroatoms. The lowest BCUT2D eigenvalue weighted by Crippen LogP contribution is -2.23. The van der Waals surface area contributed by atoms with E-state index in [1.165, 1.54) is 82.4 Å². The van der Waals surface area contributed by atoms with E-state index in [9.17, 15) is 13.2 Å². The van der Waals surface area contributed by atoms with Gasteiger partial charge in [-0.2, -0.15) is 0 Å². The van der Waals surface area contributed by atoms with Crippen LogP contribution < -0.4 is 9.46 Å². The molecule has 35 heavy (non-hydrogen) atoms. The average molecular weight is 496 g/mol. The van der Waals surface area contributed by atoms with Crippen molar-refractivity contribution in [3.05, 3.63) is 53.6 Å².